The van der Waals surface area contributed by atoms with E-state index in [1.807, 2.05) is 0 Å². The molecule has 8 nitrogen and oxygen atoms in total. The van der Waals surface area contributed by atoms with E-state index in [4.69, 9.17) is 4.42 Å². The third-order valence-electron chi connectivity index (χ3n) is 4.47. The van der Waals surface area contributed by atoms with Gasteiger partial charge in [0.2, 0.25) is 11.8 Å². The van der Waals surface area contributed by atoms with Crippen molar-refractivity contribution in [3.63, 3.8) is 0 Å². The summed E-state index contributed by atoms with van der Waals surface area (Å²) in [6.45, 7) is 3.33. The van der Waals surface area contributed by atoms with Gasteiger partial charge in [-0.1, -0.05) is 0 Å². The third kappa shape index (κ3) is 4.17. The molecule has 0 bridgehead atoms. The fourth-order valence-corrected chi connectivity index (χ4v) is 3.11. The second kappa shape index (κ2) is 7.63. The van der Waals surface area contributed by atoms with E-state index in [1.165, 1.54) is 18.1 Å². The number of aliphatic hydroxyl groups is 1. The van der Waals surface area contributed by atoms with E-state index in [1.54, 1.807) is 37.3 Å². The van der Waals surface area contributed by atoms with Gasteiger partial charge in [0.25, 0.3) is 5.91 Å². The van der Waals surface area contributed by atoms with Crippen molar-refractivity contribution in [1.29, 1.82) is 0 Å². The number of nitrogens with zero attached hydrogens (tertiary/aromatic N) is 1. The number of nitrogens with one attached hydrogen (secondary N) is 2. The molecular weight excluding hydrogens is 350 g/mol. The SMILES string of the molecule is CC(=O)N1C[C@H](O)C[C@@H]1C(=O)Nc1ccc(NC(=O)c2ccco2)c(C)c1. The first kappa shape index (κ1) is 18.7. The van der Waals surface area contributed by atoms with E-state index < -0.39 is 12.1 Å². The monoisotopic (exact) mass is 371 g/mol. The van der Waals surface area contributed by atoms with Gasteiger partial charge in [0, 0.05) is 31.3 Å². The number of carbonyl (C=O) groups excluding carboxylic acids is 3. The average Bonchev–Trinajstić information content (AvgIpc) is 3.26. The van der Waals surface area contributed by atoms with Gasteiger partial charge in [-0.2, -0.15) is 0 Å². The van der Waals surface area contributed by atoms with Crippen molar-refractivity contribution in [2.45, 2.75) is 32.4 Å². The van der Waals surface area contributed by atoms with Gasteiger partial charge in [-0.25, -0.2) is 0 Å². The maximum Gasteiger partial charge on any atom is 0.291 e. The maximum absolute atomic E-state index is 12.5. The number of amides is 3. The van der Waals surface area contributed by atoms with E-state index in [0.29, 0.717) is 11.4 Å². The van der Waals surface area contributed by atoms with Gasteiger partial charge < -0.3 is 25.1 Å². The zero-order valence-electron chi connectivity index (χ0n) is 15.1. The minimum atomic E-state index is -0.703. The molecule has 1 saturated heterocycles. The Kier molecular flexibility index (Phi) is 5.27. The van der Waals surface area contributed by atoms with Crippen LogP contribution in [0.1, 0.15) is 29.5 Å². The molecule has 0 unspecified atom stereocenters. The molecule has 0 radical (unpaired) electrons. The molecule has 0 aliphatic carbocycles. The maximum atomic E-state index is 12.5. The van der Waals surface area contributed by atoms with E-state index >= 15 is 0 Å². The van der Waals surface area contributed by atoms with Crippen molar-refractivity contribution in [1.82, 2.24) is 4.90 Å². The first-order valence-electron chi connectivity index (χ1n) is 8.57. The van der Waals surface area contributed by atoms with Crippen molar-refractivity contribution in [2.24, 2.45) is 0 Å². The Morgan fingerprint density at radius 1 is 1.22 bits per heavy atom. The summed E-state index contributed by atoms with van der Waals surface area (Å²) in [5.41, 5.74) is 1.89. The molecule has 0 saturated carbocycles. The second-order valence-corrected chi connectivity index (χ2v) is 6.53. The normalized spacial score (nSPS) is 19.0. The molecular formula is C19H21N3O5. The van der Waals surface area contributed by atoms with Crippen LogP contribution in [0.25, 0.3) is 0 Å². The molecule has 2 aromatic rings. The summed E-state index contributed by atoms with van der Waals surface area (Å²) in [5.74, 6) is -0.764. The summed E-state index contributed by atoms with van der Waals surface area (Å²) in [7, 11) is 0. The molecule has 1 fully saturated rings. The quantitative estimate of drug-likeness (QED) is 0.758. The zero-order chi connectivity index (χ0) is 19.6. The molecule has 1 aliphatic rings. The highest BCUT2D eigenvalue weighted by molar-refractivity contribution is 6.03. The van der Waals surface area contributed by atoms with Gasteiger partial charge in [0.15, 0.2) is 5.76 Å². The highest BCUT2D eigenvalue weighted by Gasteiger charge is 2.37. The molecule has 2 heterocycles. The van der Waals surface area contributed by atoms with Crippen molar-refractivity contribution in [3.05, 3.63) is 47.9 Å². The number of hydrogen-bond acceptors (Lipinski definition) is 5. The summed E-state index contributed by atoms with van der Waals surface area (Å²) in [6.07, 6.45) is 0.928. The summed E-state index contributed by atoms with van der Waals surface area (Å²) in [4.78, 5) is 37.6. The lowest BCUT2D eigenvalue weighted by molar-refractivity contribution is -0.134. The highest BCUT2D eigenvalue weighted by Crippen LogP contribution is 2.23. The fraction of sp³-hybridized carbons (Fsp3) is 0.316. The minimum absolute atomic E-state index is 0.157. The number of anilines is 2. The van der Waals surface area contributed by atoms with Crippen molar-refractivity contribution < 1.29 is 23.9 Å². The minimum Gasteiger partial charge on any atom is -0.459 e. The predicted molar refractivity (Wildman–Crippen MR) is 98.3 cm³/mol. The van der Waals surface area contributed by atoms with Crippen molar-refractivity contribution >= 4 is 29.1 Å². The lowest BCUT2D eigenvalue weighted by atomic mass is 10.1. The number of aliphatic hydroxyl groups excluding tert-OH is 1. The van der Waals surface area contributed by atoms with Crippen LogP contribution in [0, 0.1) is 6.92 Å². The molecule has 142 valence electrons. The van der Waals surface area contributed by atoms with Crippen LogP contribution in [-0.2, 0) is 9.59 Å². The zero-order valence-corrected chi connectivity index (χ0v) is 15.1. The van der Waals surface area contributed by atoms with Gasteiger partial charge in [-0.3, -0.25) is 14.4 Å². The first-order chi connectivity index (χ1) is 12.8. The molecule has 1 aliphatic heterocycles. The standard InChI is InChI=1S/C19H21N3O5/c1-11-8-13(5-6-15(11)21-19(26)17-4-3-7-27-17)20-18(25)16-9-14(24)10-22(16)12(2)23/h3-8,14,16,24H,9-10H2,1-2H3,(H,20,25)(H,21,26)/t14-,16-/m1/s1. The topological polar surface area (TPSA) is 112 Å². The molecule has 0 spiro atoms. The Bertz CT molecular complexity index is 862. The van der Waals surface area contributed by atoms with Gasteiger partial charge >= 0.3 is 0 Å². The molecule has 3 amide bonds. The van der Waals surface area contributed by atoms with Crippen LogP contribution in [0.5, 0.6) is 0 Å². The van der Waals surface area contributed by atoms with Crippen LogP contribution >= 0.6 is 0 Å². The number of aryl methyl sites for hydroxylation is 1. The average molecular weight is 371 g/mol. The van der Waals surface area contributed by atoms with E-state index in [0.717, 1.165) is 5.56 Å². The number of likely N-dealkylation sites (tertiary alicyclic amines) is 1. The molecule has 2 atom stereocenters. The number of hydrogen-bond donors (Lipinski definition) is 3. The Balaban J connectivity index is 1.67. The number of rotatable bonds is 4. The molecule has 3 N–H and O–H groups in total. The first-order valence-corrected chi connectivity index (χ1v) is 8.57. The van der Waals surface area contributed by atoms with Crippen LogP contribution in [-0.4, -0.2) is 46.4 Å². The molecule has 1 aromatic carbocycles. The lowest BCUT2D eigenvalue weighted by Gasteiger charge is -2.22. The summed E-state index contributed by atoms with van der Waals surface area (Å²) in [6, 6.07) is 7.56. The smallest absolute Gasteiger partial charge is 0.291 e. The van der Waals surface area contributed by atoms with Crippen LogP contribution in [0.3, 0.4) is 0 Å². The van der Waals surface area contributed by atoms with Crippen molar-refractivity contribution in [2.75, 3.05) is 17.2 Å². The van der Waals surface area contributed by atoms with Crippen LogP contribution in [0.15, 0.2) is 41.0 Å². The van der Waals surface area contributed by atoms with Gasteiger partial charge in [0.05, 0.1) is 12.4 Å². The molecule has 27 heavy (non-hydrogen) atoms. The highest BCUT2D eigenvalue weighted by atomic mass is 16.3. The number of β-amino-alcohol motifs (C(OH)–C–C–N with tert-alkyl or cyclic N) is 1. The molecule has 1 aromatic heterocycles. The Hall–Kier alpha value is -3.13. The number of carbonyl (C=O) groups is 3. The largest absolute Gasteiger partial charge is 0.459 e. The summed E-state index contributed by atoms with van der Waals surface area (Å²) in [5, 5.41) is 15.3. The number of benzene rings is 1. The molecule has 8 heteroatoms. The van der Waals surface area contributed by atoms with Crippen molar-refractivity contribution in [3.8, 4) is 0 Å². The summed E-state index contributed by atoms with van der Waals surface area (Å²) < 4.78 is 5.06. The Morgan fingerprint density at radius 3 is 2.63 bits per heavy atom. The van der Waals surface area contributed by atoms with Gasteiger partial charge in [-0.05, 0) is 42.8 Å². The van der Waals surface area contributed by atoms with Gasteiger partial charge in [-0.15, -0.1) is 0 Å². The van der Waals surface area contributed by atoms with Crippen LogP contribution < -0.4 is 10.6 Å². The van der Waals surface area contributed by atoms with E-state index in [9.17, 15) is 19.5 Å². The predicted octanol–water partition coefficient (Wildman–Crippen LogP) is 1.76. The van der Waals surface area contributed by atoms with E-state index in [2.05, 4.69) is 10.6 Å². The lowest BCUT2D eigenvalue weighted by Crippen LogP contribution is -2.42. The second-order valence-electron chi connectivity index (χ2n) is 6.53. The van der Waals surface area contributed by atoms with Crippen LogP contribution in [0.2, 0.25) is 0 Å². The van der Waals surface area contributed by atoms with E-state index in [-0.39, 0.29) is 36.4 Å². The number of furan rings is 1. The van der Waals surface area contributed by atoms with Gasteiger partial charge in [0.1, 0.15) is 6.04 Å². The fourth-order valence-electron chi connectivity index (χ4n) is 3.11. The van der Waals surface area contributed by atoms with Crippen LogP contribution in [0.4, 0.5) is 11.4 Å². The third-order valence-corrected chi connectivity index (χ3v) is 4.47. The Labute approximate surface area is 156 Å². The Morgan fingerprint density at radius 2 is 2.00 bits per heavy atom. The molecule has 3 rings (SSSR count). The summed E-state index contributed by atoms with van der Waals surface area (Å²) >= 11 is 0.